The van der Waals surface area contributed by atoms with Gasteiger partial charge in [-0.25, -0.2) is 4.39 Å². The van der Waals surface area contributed by atoms with Crippen molar-refractivity contribution in [3.8, 4) is 23.7 Å². The van der Waals surface area contributed by atoms with E-state index in [-0.39, 0.29) is 5.82 Å². The Kier molecular flexibility index (Phi) is 5.80. The molecule has 0 bridgehead atoms. The number of benzene rings is 3. The van der Waals surface area contributed by atoms with Gasteiger partial charge in [-0.1, -0.05) is 65.8 Å². The van der Waals surface area contributed by atoms with E-state index in [9.17, 15) is 4.39 Å². The second-order valence-electron chi connectivity index (χ2n) is 6.42. The van der Waals surface area contributed by atoms with E-state index in [1.54, 1.807) is 12.1 Å². The Morgan fingerprint density at radius 3 is 2.00 bits per heavy atom. The number of hydrogen-bond acceptors (Lipinski definition) is 0. The van der Waals surface area contributed by atoms with Gasteiger partial charge in [-0.2, -0.15) is 0 Å². The van der Waals surface area contributed by atoms with Crippen LogP contribution in [0.25, 0.3) is 0 Å². The molecule has 0 heterocycles. The third-order valence-electron chi connectivity index (χ3n) is 4.29. The predicted molar refractivity (Wildman–Crippen MR) is 112 cm³/mol. The topological polar surface area (TPSA) is 0 Å². The van der Waals surface area contributed by atoms with Crippen molar-refractivity contribution >= 4 is 12.7 Å². The molecule has 0 N–H and O–H groups in total. The summed E-state index contributed by atoms with van der Waals surface area (Å²) >= 11 is 0. The van der Waals surface area contributed by atoms with Crippen molar-refractivity contribution in [2.45, 2.75) is 20.7 Å². The average molecular weight is 349 g/mol. The van der Waals surface area contributed by atoms with Crippen molar-refractivity contribution in [3.63, 3.8) is 0 Å². The first-order valence-electron chi connectivity index (χ1n) is 8.85. The van der Waals surface area contributed by atoms with Crippen LogP contribution in [0.15, 0.2) is 60.7 Å². The maximum atomic E-state index is 14.3. The minimum Gasteiger partial charge on any atom is -0.206 e. The first-order chi connectivity index (χ1) is 13.0. The summed E-state index contributed by atoms with van der Waals surface area (Å²) in [6.07, 6.45) is 0. The summed E-state index contributed by atoms with van der Waals surface area (Å²) in [6, 6.07) is 18.9. The largest absolute Gasteiger partial charge is 0.206 e. The van der Waals surface area contributed by atoms with Gasteiger partial charge in [0.25, 0.3) is 0 Å². The molecule has 0 aliphatic carbocycles. The quantitative estimate of drug-likeness (QED) is 0.444. The lowest BCUT2D eigenvalue weighted by Crippen LogP contribution is -2.10. The lowest BCUT2D eigenvalue weighted by molar-refractivity contribution is 0.624. The van der Waals surface area contributed by atoms with E-state index in [0.29, 0.717) is 11.1 Å². The highest BCUT2D eigenvalue weighted by Crippen LogP contribution is 2.10. The molecular formula is C25H19BF. The fraction of sp³-hybridized carbons (Fsp3) is 0.120. The SMILES string of the molecule is C[B]c1ccc(C#Cc2ccc(C#Cc3ccc(C)cc3)c(F)c2)c(C)c1. The van der Waals surface area contributed by atoms with Crippen molar-refractivity contribution in [2.75, 3.05) is 0 Å². The monoisotopic (exact) mass is 349 g/mol. The van der Waals surface area contributed by atoms with E-state index < -0.39 is 0 Å². The minimum absolute atomic E-state index is 0.353. The summed E-state index contributed by atoms with van der Waals surface area (Å²) in [5, 5.41) is 0. The number of aryl methyl sites for hydroxylation is 2. The first-order valence-corrected chi connectivity index (χ1v) is 8.85. The van der Waals surface area contributed by atoms with Gasteiger partial charge in [0, 0.05) is 16.7 Å². The molecule has 129 valence electrons. The van der Waals surface area contributed by atoms with Crippen LogP contribution in [0.4, 0.5) is 4.39 Å². The smallest absolute Gasteiger partial charge is 0.148 e. The van der Waals surface area contributed by atoms with Gasteiger partial charge in [0.05, 0.1) is 5.56 Å². The van der Waals surface area contributed by atoms with Crippen LogP contribution >= 0.6 is 0 Å². The second-order valence-corrected chi connectivity index (χ2v) is 6.42. The van der Waals surface area contributed by atoms with Gasteiger partial charge in [0.1, 0.15) is 13.1 Å². The van der Waals surface area contributed by atoms with Crippen LogP contribution < -0.4 is 5.46 Å². The maximum absolute atomic E-state index is 14.3. The molecule has 0 fully saturated rings. The molecule has 0 spiro atoms. The Balaban J connectivity index is 1.81. The highest BCUT2D eigenvalue weighted by atomic mass is 19.1. The number of rotatable bonds is 1. The van der Waals surface area contributed by atoms with Crippen LogP contribution in [-0.4, -0.2) is 7.28 Å². The van der Waals surface area contributed by atoms with Crippen molar-refractivity contribution in [3.05, 3.63) is 99.9 Å². The summed E-state index contributed by atoms with van der Waals surface area (Å²) < 4.78 is 14.3. The molecule has 0 unspecified atom stereocenters. The molecule has 0 aromatic heterocycles. The van der Waals surface area contributed by atoms with Crippen molar-refractivity contribution in [2.24, 2.45) is 0 Å². The van der Waals surface area contributed by atoms with Gasteiger partial charge in [-0.15, -0.1) is 0 Å². The van der Waals surface area contributed by atoms with E-state index in [1.807, 2.05) is 57.1 Å². The van der Waals surface area contributed by atoms with Crippen LogP contribution in [0.1, 0.15) is 33.4 Å². The van der Waals surface area contributed by atoms with Crippen LogP contribution in [0, 0.1) is 43.3 Å². The molecule has 0 atom stereocenters. The minimum atomic E-state index is -0.353. The molecule has 0 aliphatic rings. The van der Waals surface area contributed by atoms with Gasteiger partial charge in [-0.05, 0) is 55.8 Å². The average Bonchev–Trinajstić information content (AvgIpc) is 2.67. The third-order valence-corrected chi connectivity index (χ3v) is 4.29. The molecule has 0 amide bonds. The lowest BCUT2D eigenvalue weighted by atomic mass is 9.72. The summed E-state index contributed by atoms with van der Waals surface area (Å²) in [6.45, 7) is 6.06. The molecule has 27 heavy (non-hydrogen) atoms. The van der Waals surface area contributed by atoms with Crippen LogP contribution in [0.2, 0.25) is 6.82 Å². The predicted octanol–water partition coefficient (Wildman–Crippen LogP) is 4.62. The molecule has 0 saturated carbocycles. The first kappa shape index (κ1) is 18.6. The molecule has 2 heteroatoms. The van der Waals surface area contributed by atoms with Gasteiger partial charge in [0.15, 0.2) is 0 Å². The van der Waals surface area contributed by atoms with E-state index in [2.05, 4.69) is 37.0 Å². The second kappa shape index (κ2) is 8.44. The molecule has 0 aliphatic heterocycles. The maximum Gasteiger partial charge on any atom is 0.148 e. The summed E-state index contributed by atoms with van der Waals surface area (Å²) in [5.74, 6) is 11.7. The standard InChI is InChI=1S/C25H19BF/c1-18-4-6-20(7-5-18)8-12-23-13-10-21(17-25(23)27)9-11-22-14-15-24(26-3)16-19(22)2/h4-7,10,13-17H,1-3H3. The lowest BCUT2D eigenvalue weighted by Gasteiger charge is -2.01. The van der Waals surface area contributed by atoms with Gasteiger partial charge >= 0.3 is 0 Å². The number of halogens is 1. The highest BCUT2D eigenvalue weighted by molar-refractivity contribution is 6.51. The Hall–Kier alpha value is -3.23. The van der Waals surface area contributed by atoms with Crippen molar-refractivity contribution in [1.82, 2.24) is 0 Å². The van der Waals surface area contributed by atoms with E-state index in [4.69, 9.17) is 0 Å². The van der Waals surface area contributed by atoms with Gasteiger partial charge in [0.2, 0.25) is 0 Å². The van der Waals surface area contributed by atoms with Gasteiger partial charge in [-0.3, -0.25) is 0 Å². The third kappa shape index (κ3) is 4.90. The van der Waals surface area contributed by atoms with E-state index >= 15 is 0 Å². The molecule has 3 aromatic rings. The Morgan fingerprint density at radius 1 is 0.704 bits per heavy atom. The normalized spacial score (nSPS) is 9.63. The molecule has 1 radical (unpaired) electrons. The summed E-state index contributed by atoms with van der Waals surface area (Å²) in [4.78, 5) is 0. The Morgan fingerprint density at radius 2 is 1.33 bits per heavy atom. The molecular weight excluding hydrogens is 330 g/mol. The molecule has 3 rings (SSSR count). The fourth-order valence-electron chi connectivity index (χ4n) is 2.62. The zero-order valence-corrected chi connectivity index (χ0v) is 15.7. The van der Waals surface area contributed by atoms with Crippen molar-refractivity contribution in [1.29, 1.82) is 0 Å². The highest BCUT2D eigenvalue weighted by Gasteiger charge is 2.01. The van der Waals surface area contributed by atoms with Crippen LogP contribution in [0.5, 0.6) is 0 Å². The van der Waals surface area contributed by atoms with Crippen LogP contribution in [0.3, 0.4) is 0 Å². The summed E-state index contributed by atoms with van der Waals surface area (Å²) in [7, 11) is 2.05. The number of hydrogen-bond donors (Lipinski definition) is 0. The Labute approximate surface area is 161 Å². The fourth-order valence-corrected chi connectivity index (χ4v) is 2.62. The van der Waals surface area contributed by atoms with E-state index in [0.717, 1.165) is 16.7 Å². The molecule has 0 saturated heterocycles. The zero-order chi connectivity index (χ0) is 19.2. The molecule has 0 nitrogen and oxygen atoms in total. The molecule has 3 aromatic carbocycles. The van der Waals surface area contributed by atoms with Gasteiger partial charge < -0.3 is 0 Å². The Bertz CT molecular complexity index is 1090. The zero-order valence-electron chi connectivity index (χ0n) is 15.7. The summed E-state index contributed by atoms with van der Waals surface area (Å²) in [5.41, 5.74) is 6.28. The van der Waals surface area contributed by atoms with E-state index in [1.165, 1.54) is 17.1 Å². The van der Waals surface area contributed by atoms with Crippen molar-refractivity contribution < 1.29 is 4.39 Å². The van der Waals surface area contributed by atoms with Crippen LogP contribution in [-0.2, 0) is 0 Å².